The van der Waals surface area contributed by atoms with Gasteiger partial charge in [0.05, 0.1) is 18.2 Å². The molecule has 0 radical (unpaired) electrons. The third kappa shape index (κ3) is 3.30. The molecule has 124 valence electrons. The first-order chi connectivity index (χ1) is 11.2. The van der Waals surface area contributed by atoms with Gasteiger partial charge in [-0.3, -0.25) is 4.90 Å². The summed E-state index contributed by atoms with van der Waals surface area (Å²) in [5.41, 5.74) is 3.25. The lowest BCUT2D eigenvalue weighted by atomic mass is 9.86. The van der Waals surface area contributed by atoms with Crippen LogP contribution in [0.3, 0.4) is 0 Å². The normalized spacial score (nSPS) is 21.8. The summed E-state index contributed by atoms with van der Waals surface area (Å²) in [5.74, 6) is 1.94. The van der Waals surface area contributed by atoms with Crippen molar-refractivity contribution in [1.82, 2.24) is 4.90 Å². The minimum absolute atomic E-state index is 0. The Kier molecular flexibility index (Phi) is 5.15. The van der Waals surface area contributed by atoms with Crippen molar-refractivity contribution in [3.8, 4) is 11.8 Å². The first kappa shape index (κ1) is 17.3. The van der Waals surface area contributed by atoms with Crippen LogP contribution in [0, 0.1) is 17.2 Å². The predicted octanol–water partition coefficient (Wildman–Crippen LogP) is 4.35. The van der Waals surface area contributed by atoms with E-state index in [-0.39, 0.29) is 12.4 Å². The Bertz CT molecular complexity index is 789. The number of hydrogen-bond acceptors (Lipinski definition) is 3. The second-order valence-corrected chi connectivity index (χ2v) is 7.28. The lowest BCUT2D eigenvalue weighted by molar-refractivity contribution is 0.212. The number of nitrogens with zero attached hydrogens (tertiary/aromatic N) is 2. The van der Waals surface area contributed by atoms with Crippen molar-refractivity contribution in [2.24, 2.45) is 5.92 Å². The molecule has 2 aliphatic heterocycles. The van der Waals surface area contributed by atoms with Gasteiger partial charge in [-0.2, -0.15) is 5.26 Å². The molecule has 4 rings (SSSR count). The zero-order valence-electron chi connectivity index (χ0n) is 13.1. The topological polar surface area (TPSA) is 36.3 Å². The van der Waals surface area contributed by atoms with Crippen LogP contribution in [-0.4, -0.2) is 24.6 Å². The van der Waals surface area contributed by atoms with E-state index in [9.17, 15) is 0 Å². The van der Waals surface area contributed by atoms with Crippen molar-refractivity contribution in [1.29, 1.82) is 5.26 Å². The zero-order valence-corrected chi connectivity index (χ0v) is 15.5. The second kappa shape index (κ2) is 7.14. The molecule has 2 heterocycles. The fraction of sp³-hybridized carbons (Fsp3) is 0.316. The van der Waals surface area contributed by atoms with Gasteiger partial charge in [-0.15, -0.1) is 12.4 Å². The van der Waals surface area contributed by atoms with Gasteiger partial charge in [-0.1, -0.05) is 28.1 Å². The van der Waals surface area contributed by atoms with Gasteiger partial charge in [0, 0.05) is 41.5 Å². The average Bonchev–Trinajstić information content (AvgIpc) is 2.97. The van der Waals surface area contributed by atoms with Crippen molar-refractivity contribution in [3.63, 3.8) is 0 Å². The van der Waals surface area contributed by atoms with Gasteiger partial charge in [0.2, 0.25) is 0 Å². The van der Waals surface area contributed by atoms with Gasteiger partial charge in [0.25, 0.3) is 0 Å². The summed E-state index contributed by atoms with van der Waals surface area (Å²) >= 11 is 3.54. The fourth-order valence-electron chi connectivity index (χ4n) is 3.74. The van der Waals surface area contributed by atoms with Gasteiger partial charge < -0.3 is 4.74 Å². The van der Waals surface area contributed by atoms with Crippen LogP contribution >= 0.6 is 28.3 Å². The Morgan fingerprint density at radius 1 is 1.21 bits per heavy atom. The van der Waals surface area contributed by atoms with Gasteiger partial charge in [-0.25, -0.2) is 0 Å². The molecule has 2 atom stereocenters. The number of likely N-dealkylation sites (tertiary alicyclic amines) is 1. The van der Waals surface area contributed by atoms with Crippen molar-refractivity contribution < 1.29 is 4.74 Å². The van der Waals surface area contributed by atoms with Crippen LogP contribution in [0.25, 0.3) is 0 Å². The second-order valence-electron chi connectivity index (χ2n) is 6.37. The summed E-state index contributed by atoms with van der Waals surface area (Å²) in [6.45, 7) is 3.81. The lowest BCUT2D eigenvalue weighted by Crippen LogP contribution is -2.25. The molecule has 24 heavy (non-hydrogen) atoms. The standard InChI is InChI=1S/C19H17BrN2O.ClH/c20-16-3-1-2-14(6-16)9-22-10-15-12-23-19-5-4-13(8-21)7-17(19)18(15)11-22;/h1-7,15,18H,9-12H2;1H. The quantitative estimate of drug-likeness (QED) is 0.745. The maximum absolute atomic E-state index is 9.15. The average molecular weight is 406 g/mol. The molecule has 0 bridgehead atoms. The first-order valence-corrected chi connectivity index (χ1v) is 8.66. The molecule has 2 aromatic rings. The highest BCUT2D eigenvalue weighted by molar-refractivity contribution is 9.10. The van der Waals surface area contributed by atoms with E-state index in [0.717, 1.165) is 42.0 Å². The molecule has 0 N–H and O–H groups in total. The molecular formula is C19H18BrClN2O. The van der Waals surface area contributed by atoms with E-state index in [2.05, 4.69) is 51.2 Å². The van der Waals surface area contributed by atoms with Gasteiger partial charge in [0.1, 0.15) is 5.75 Å². The highest BCUT2D eigenvalue weighted by atomic mass is 79.9. The molecule has 0 spiro atoms. The molecule has 0 saturated carbocycles. The summed E-state index contributed by atoms with van der Waals surface area (Å²) in [5, 5.41) is 9.15. The van der Waals surface area contributed by atoms with Crippen molar-refractivity contribution >= 4 is 28.3 Å². The van der Waals surface area contributed by atoms with Gasteiger partial charge in [0.15, 0.2) is 0 Å². The van der Waals surface area contributed by atoms with Crippen molar-refractivity contribution in [3.05, 3.63) is 63.6 Å². The Morgan fingerprint density at radius 3 is 2.88 bits per heavy atom. The minimum Gasteiger partial charge on any atom is -0.493 e. The maximum atomic E-state index is 9.15. The first-order valence-electron chi connectivity index (χ1n) is 7.86. The SMILES string of the molecule is Cl.N#Cc1ccc2c(c1)C1CN(Cc3cccc(Br)c3)CC1CO2. The van der Waals surface area contributed by atoms with Crippen molar-refractivity contribution in [2.75, 3.05) is 19.7 Å². The van der Waals surface area contributed by atoms with Crippen LogP contribution < -0.4 is 4.74 Å². The number of halogens is 2. The van der Waals surface area contributed by atoms with Crippen molar-refractivity contribution in [2.45, 2.75) is 12.5 Å². The Hall–Kier alpha value is -1.54. The number of benzene rings is 2. The summed E-state index contributed by atoms with van der Waals surface area (Å²) in [7, 11) is 0. The zero-order chi connectivity index (χ0) is 15.8. The Morgan fingerprint density at radius 2 is 2.08 bits per heavy atom. The fourth-order valence-corrected chi connectivity index (χ4v) is 4.19. The molecule has 5 heteroatoms. The monoisotopic (exact) mass is 404 g/mol. The molecule has 2 aromatic carbocycles. The molecule has 0 aliphatic carbocycles. The molecular weight excluding hydrogens is 388 g/mol. The van der Waals surface area contributed by atoms with E-state index in [1.54, 1.807) is 0 Å². The number of fused-ring (bicyclic) bond motifs is 3. The van der Waals surface area contributed by atoms with Gasteiger partial charge in [-0.05, 0) is 35.9 Å². The van der Waals surface area contributed by atoms with E-state index >= 15 is 0 Å². The van der Waals surface area contributed by atoms with Crippen LogP contribution in [0.4, 0.5) is 0 Å². The smallest absolute Gasteiger partial charge is 0.122 e. The van der Waals surface area contributed by atoms with E-state index in [4.69, 9.17) is 10.00 Å². The number of ether oxygens (including phenoxy) is 1. The molecule has 1 fully saturated rings. The molecule has 2 aliphatic rings. The highest BCUT2D eigenvalue weighted by Gasteiger charge is 2.38. The van der Waals surface area contributed by atoms with Crippen LogP contribution in [-0.2, 0) is 6.54 Å². The van der Waals surface area contributed by atoms with Gasteiger partial charge >= 0.3 is 0 Å². The van der Waals surface area contributed by atoms with E-state index in [1.807, 2.05) is 18.2 Å². The molecule has 0 amide bonds. The minimum atomic E-state index is 0. The van der Waals surface area contributed by atoms with Crippen LogP contribution in [0.15, 0.2) is 46.9 Å². The largest absolute Gasteiger partial charge is 0.493 e. The number of rotatable bonds is 2. The number of nitriles is 1. The summed E-state index contributed by atoms with van der Waals surface area (Å²) < 4.78 is 7.03. The molecule has 2 unspecified atom stereocenters. The van der Waals surface area contributed by atoms with Crippen LogP contribution in [0.2, 0.25) is 0 Å². The predicted molar refractivity (Wildman–Crippen MR) is 99.6 cm³/mol. The maximum Gasteiger partial charge on any atom is 0.122 e. The lowest BCUT2D eigenvalue weighted by Gasteiger charge is -2.27. The molecule has 1 saturated heterocycles. The third-order valence-electron chi connectivity index (χ3n) is 4.80. The third-order valence-corrected chi connectivity index (χ3v) is 5.30. The summed E-state index contributed by atoms with van der Waals surface area (Å²) in [6, 6.07) is 16.5. The van der Waals surface area contributed by atoms with E-state index < -0.39 is 0 Å². The molecule has 3 nitrogen and oxygen atoms in total. The van der Waals surface area contributed by atoms with Crippen LogP contribution in [0.5, 0.6) is 5.75 Å². The van der Waals surface area contributed by atoms with E-state index in [0.29, 0.717) is 11.8 Å². The Balaban J connectivity index is 0.00000169. The Labute approximate surface area is 156 Å². The van der Waals surface area contributed by atoms with E-state index in [1.165, 1.54) is 11.1 Å². The summed E-state index contributed by atoms with van der Waals surface area (Å²) in [6.07, 6.45) is 0. The molecule has 0 aromatic heterocycles. The highest BCUT2D eigenvalue weighted by Crippen LogP contribution is 2.42. The van der Waals surface area contributed by atoms with Crippen LogP contribution in [0.1, 0.15) is 22.6 Å². The number of hydrogen-bond donors (Lipinski definition) is 0. The summed E-state index contributed by atoms with van der Waals surface area (Å²) in [4.78, 5) is 2.49.